The first kappa shape index (κ1) is 24.2. The molecule has 2 aromatic carbocycles. The predicted molar refractivity (Wildman–Crippen MR) is 129 cm³/mol. The monoisotopic (exact) mass is 508 g/mol. The van der Waals surface area contributed by atoms with Crippen molar-refractivity contribution in [2.75, 3.05) is 30.4 Å². The van der Waals surface area contributed by atoms with Crippen LogP contribution in [0.15, 0.2) is 48.7 Å². The maximum Gasteiger partial charge on any atom is 0.261 e. The Hall–Kier alpha value is -4.54. The summed E-state index contributed by atoms with van der Waals surface area (Å²) in [5.74, 6) is -2.90. The molecule has 0 radical (unpaired) electrons. The largest absolute Gasteiger partial charge is 0.487 e. The van der Waals surface area contributed by atoms with Gasteiger partial charge >= 0.3 is 0 Å². The number of imide groups is 1. The fraction of sp³-hybridized carbons (Fsp3) is 0.231. The number of piperidine rings is 1. The number of nitrogens with one attached hydrogen (secondary N) is 2. The SMILES string of the molecule is COc1ncccc1C(=O)Nc1cc2c(cc1N1CCC(Oc3ccc(F)cc3F)CC1)C(=O)NC2=O. The molecule has 1 aromatic heterocycles. The molecule has 0 spiro atoms. The highest BCUT2D eigenvalue weighted by Crippen LogP contribution is 2.35. The van der Waals surface area contributed by atoms with Gasteiger partial charge in [0.15, 0.2) is 11.6 Å². The zero-order valence-electron chi connectivity index (χ0n) is 19.7. The third-order valence-corrected chi connectivity index (χ3v) is 6.28. The molecule has 2 aliphatic rings. The van der Waals surface area contributed by atoms with Gasteiger partial charge in [0.2, 0.25) is 5.88 Å². The van der Waals surface area contributed by atoms with Crippen LogP contribution in [0.2, 0.25) is 0 Å². The van der Waals surface area contributed by atoms with E-state index in [1.54, 1.807) is 18.2 Å². The Balaban J connectivity index is 1.39. The van der Waals surface area contributed by atoms with Gasteiger partial charge in [-0.2, -0.15) is 0 Å². The van der Waals surface area contributed by atoms with Crippen LogP contribution < -0.4 is 25.0 Å². The first-order chi connectivity index (χ1) is 17.8. The number of hydrogen-bond acceptors (Lipinski definition) is 7. The molecule has 37 heavy (non-hydrogen) atoms. The first-order valence-electron chi connectivity index (χ1n) is 11.5. The Morgan fingerprint density at radius 1 is 1.08 bits per heavy atom. The van der Waals surface area contributed by atoms with Crippen molar-refractivity contribution in [2.45, 2.75) is 18.9 Å². The van der Waals surface area contributed by atoms with Crippen molar-refractivity contribution in [2.24, 2.45) is 0 Å². The highest BCUT2D eigenvalue weighted by atomic mass is 19.1. The van der Waals surface area contributed by atoms with Crippen LogP contribution in [-0.2, 0) is 0 Å². The standard InChI is InChI=1S/C26H22F2N4O5/c1-36-26-16(3-2-8-29-26)23(33)30-20-12-17-18(25(35)31-24(17)34)13-21(20)32-9-6-15(7-10-32)37-22-5-4-14(27)11-19(22)28/h2-5,8,11-13,15H,6-7,9-10H2,1H3,(H,30,33)(H,31,34,35). The quantitative estimate of drug-likeness (QED) is 0.490. The molecule has 9 nitrogen and oxygen atoms in total. The van der Waals surface area contributed by atoms with E-state index in [0.29, 0.717) is 37.3 Å². The molecular formula is C26H22F2N4O5. The number of pyridine rings is 1. The van der Waals surface area contributed by atoms with E-state index >= 15 is 0 Å². The maximum atomic E-state index is 14.0. The van der Waals surface area contributed by atoms with Crippen LogP contribution in [0, 0.1) is 11.6 Å². The lowest BCUT2D eigenvalue weighted by molar-refractivity contribution is 0.0878. The van der Waals surface area contributed by atoms with Crippen molar-refractivity contribution in [1.29, 1.82) is 0 Å². The van der Waals surface area contributed by atoms with E-state index in [9.17, 15) is 23.2 Å². The molecule has 0 aliphatic carbocycles. The molecule has 11 heteroatoms. The van der Waals surface area contributed by atoms with Gasteiger partial charge in [-0.05, 0) is 36.4 Å². The van der Waals surface area contributed by atoms with E-state index in [1.807, 2.05) is 4.90 Å². The number of amides is 3. The molecule has 190 valence electrons. The molecule has 0 bridgehead atoms. The number of fused-ring (bicyclic) bond motifs is 1. The zero-order chi connectivity index (χ0) is 26.1. The number of ether oxygens (including phenoxy) is 2. The molecule has 3 aromatic rings. The molecular weight excluding hydrogens is 486 g/mol. The summed E-state index contributed by atoms with van der Waals surface area (Å²) in [6.07, 6.45) is 2.19. The minimum atomic E-state index is -0.771. The number of nitrogens with zero attached hydrogens (tertiary/aromatic N) is 2. The topological polar surface area (TPSA) is 110 Å². The number of hydrogen-bond donors (Lipinski definition) is 2. The van der Waals surface area contributed by atoms with Crippen molar-refractivity contribution in [1.82, 2.24) is 10.3 Å². The van der Waals surface area contributed by atoms with Crippen LogP contribution in [0.25, 0.3) is 0 Å². The van der Waals surface area contributed by atoms with Gasteiger partial charge < -0.3 is 19.7 Å². The van der Waals surface area contributed by atoms with Crippen molar-refractivity contribution in [3.8, 4) is 11.6 Å². The van der Waals surface area contributed by atoms with E-state index in [4.69, 9.17) is 9.47 Å². The first-order valence-corrected chi connectivity index (χ1v) is 11.5. The summed E-state index contributed by atoms with van der Waals surface area (Å²) in [4.78, 5) is 43.7. The Morgan fingerprint density at radius 2 is 1.81 bits per heavy atom. The fourth-order valence-corrected chi connectivity index (χ4v) is 4.44. The van der Waals surface area contributed by atoms with Crippen molar-refractivity contribution >= 4 is 29.1 Å². The molecule has 0 atom stereocenters. The number of carbonyl (C=O) groups excluding carboxylic acids is 3. The van der Waals surface area contributed by atoms with Gasteiger partial charge in [-0.1, -0.05) is 0 Å². The van der Waals surface area contributed by atoms with E-state index in [2.05, 4.69) is 15.6 Å². The third kappa shape index (κ3) is 4.80. The Bertz CT molecular complexity index is 1410. The molecule has 2 aliphatic heterocycles. The second-order valence-electron chi connectivity index (χ2n) is 8.59. The number of anilines is 2. The second-order valence-corrected chi connectivity index (χ2v) is 8.59. The Kier molecular flexibility index (Phi) is 6.43. The summed E-state index contributed by atoms with van der Waals surface area (Å²) in [7, 11) is 1.40. The Morgan fingerprint density at radius 3 is 2.51 bits per heavy atom. The molecule has 0 saturated carbocycles. The fourth-order valence-electron chi connectivity index (χ4n) is 4.44. The van der Waals surface area contributed by atoms with Gasteiger partial charge in [0.05, 0.1) is 29.6 Å². The summed E-state index contributed by atoms with van der Waals surface area (Å²) >= 11 is 0. The van der Waals surface area contributed by atoms with Crippen LogP contribution in [0.5, 0.6) is 11.6 Å². The van der Waals surface area contributed by atoms with Crippen LogP contribution in [0.3, 0.4) is 0 Å². The Labute approximate surface area is 210 Å². The predicted octanol–water partition coefficient (Wildman–Crippen LogP) is 3.55. The zero-order valence-corrected chi connectivity index (χ0v) is 19.7. The molecule has 2 N–H and O–H groups in total. The van der Waals surface area contributed by atoms with Crippen molar-refractivity contribution < 1.29 is 32.6 Å². The minimum absolute atomic E-state index is 0.0223. The molecule has 0 unspecified atom stereocenters. The highest BCUT2D eigenvalue weighted by molar-refractivity contribution is 6.23. The van der Waals surface area contributed by atoms with Gasteiger partial charge in [-0.3, -0.25) is 19.7 Å². The van der Waals surface area contributed by atoms with Crippen molar-refractivity contribution in [3.63, 3.8) is 0 Å². The molecule has 5 rings (SSSR count). The smallest absolute Gasteiger partial charge is 0.261 e. The summed E-state index contributed by atoms with van der Waals surface area (Å²) < 4.78 is 38.1. The van der Waals surface area contributed by atoms with E-state index in [1.165, 1.54) is 25.4 Å². The summed E-state index contributed by atoms with van der Waals surface area (Å²) in [6, 6.07) is 9.37. The molecule has 1 fully saturated rings. The lowest BCUT2D eigenvalue weighted by atomic mass is 10.0. The van der Waals surface area contributed by atoms with Crippen LogP contribution in [0.1, 0.15) is 43.9 Å². The van der Waals surface area contributed by atoms with E-state index < -0.39 is 29.4 Å². The van der Waals surface area contributed by atoms with Crippen LogP contribution >= 0.6 is 0 Å². The second kappa shape index (κ2) is 9.84. The molecule has 1 saturated heterocycles. The molecule has 3 heterocycles. The number of rotatable bonds is 6. The van der Waals surface area contributed by atoms with Crippen molar-refractivity contribution in [3.05, 3.63) is 77.0 Å². The highest BCUT2D eigenvalue weighted by Gasteiger charge is 2.31. The van der Waals surface area contributed by atoms with Crippen LogP contribution in [-0.4, -0.2) is 49.0 Å². The van der Waals surface area contributed by atoms with Gasteiger partial charge in [0.1, 0.15) is 17.5 Å². The van der Waals surface area contributed by atoms with Gasteiger partial charge in [0.25, 0.3) is 17.7 Å². The lowest BCUT2D eigenvalue weighted by Gasteiger charge is -2.35. The summed E-state index contributed by atoms with van der Waals surface area (Å²) in [5.41, 5.74) is 1.45. The summed E-state index contributed by atoms with van der Waals surface area (Å²) in [5, 5.41) is 5.08. The maximum absolute atomic E-state index is 14.0. The molecule has 3 amide bonds. The number of methoxy groups -OCH3 is 1. The van der Waals surface area contributed by atoms with Gasteiger partial charge in [0, 0.05) is 38.2 Å². The average molecular weight is 508 g/mol. The minimum Gasteiger partial charge on any atom is -0.487 e. The van der Waals surface area contributed by atoms with Crippen LogP contribution in [0.4, 0.5) is 20.2 Å². The van der Waals surface area contributed by atoms with E-state index in [-0.39, 0.29) is 34.4 Å². The number of benzene rings is 2. The average Bonchev–Trinajstić information content (AvgIpc) is 3.17. The number of carbonyl (C=O) groups is 3. The number of aromatic nitrogens is 1. The van der Waals surface area contributed by atoms with Gasteiger partial charge in [-0.15, -0.1) is 0 Å². The normalized spacial score (nSPS) is 15.3. The number of halogens is 2. The summed E-state index contributed by atoms with van der Waals surface area (Å²) in [6.45, 7) is 0.918. The third-order valence-electron chi connectivity index (χ3n) is 6.28. The van der Waals surface area contributed by atoms with E-state index in [0.717, 1.165) is 12.1 Å². The van der Waals surface area contributed by atoms with Gasteiger partial charge in [-0.25, -0.2) is 13.8 Å². The lowest BCUT2D eigenvalue weighted by Crippen LogP contribution is -2.39.